The van der Waals surface area contributed by atoms with Gasteiger partial charge in [-0.3, -0.25) is 4.79 Å². The lowest BCUT2D eigenvalue weighted by molar-refractivity contribution is -0.137. The Labute approximate surface area is 118 Å². The Hall–Kier alpha value is -1.60. The van der Waals surface area contributed by atoms with Gasteiger partial charge in [-0.15, -0.1) is 0 Å². The molecule has 6 nitrogen and oxygen atoms in total. The molecule has 1 saturated heterocycles. The Morgan fingerprint density at radius 2 is 2.15 bits per heavy atom. The first-order valence-electron chi connectivity index (χ1n) is 6.33. The van der Waals surface area contributed by atoms with Crippen molar-refractivity contribution in [3.8, 4) is 5.75 Å². The monoisotopic (exact) mass is 299 g/mol. The van der Waals surface area contributed by atoms with Gasteiger partial charge in [-0.05, 0) is 25.0 Å². The molecule has 0 saturated carbocycles. The van der Waals surface area contributed by atoms with E-state index >= 15 is 0 Å². The summed E-state index contributed by atoms with van der Waals surface area (Å²) < 4.78 is 31.7. The maximum absolute atomic E-state index is 12.7. The second-order valence-electron chi connectivity index (χ2n) is 4.66. The standard InChI is InChI=1S/C13H17NO5S/c1-19-11-6-2-3-7-12(11)20(17,18)14-8-4-5-10(14)9-13(15)16/h2-3,6-7,10H,4-5,8-9H2,1H3,(H,15,16). The summed E-state index contributed by atoms with van der Waals surface area (Å²) in [7, 11) is -2.32. The van der Waals surface area contributed by atoms with E-state index < -0.39 is 22.0 Å². The van der Waals surface area contributed by atoms with Crippen molar-refractivity contribution in [2.45, 2.75) is 30.2 Å². The molecule has 1 fully saturated rings. The highest BCUT2D eigenvalue weighted by atomic mass is 32.2. The summed E-state index contributed by atoms with van der Waals surface area (Å²) in [5.41, 5.74) is 0. The van der Waals surface area contributed by atoms with Gasteiger partial charge in [0.1, 0.15) is 10.6 Å². The fraction of sp³-hybridized carbons (Fsp3) is 0.462. The molecule has 2 rings (SSSR count). The molecule has 0 amide bonds. The molecular weight excluding hydrogens is 282 g/mol. The second kappa shape index (κ2) is 5.80. The number of hydrogen-bond donors (Lipinski definition) is 1. The molecule has 1 unspecified atom stereocenters. The van der Waals surface area contributed by atoms with E-state index in [4.69, 9.17) is 9.84 Å². The van der Waals surface area contributed by atoms with Gasteiger partial charge in [-0.25, -0.2) is 8.42 Å². The van der Waals surface area contributed by atoms with Crippen LogP contribution in [0.25, 0.3) is 0 Å². The molecule has 1 N–H and O–H groups in total. The molecule has 1 atom stereocenters. The number of nitrogens with zero attached hydrogens (tertiary/aromatic N) is 1. The fourth-order valence-corrected chi connectivity index (χ4v) is 4.34. The smallest absolute Gasteiger partial charge is 0.304 e. The number of aliphatic carboxylic acids is 1. The number of carbonyl (C=O) groups is 1. The van der Waals surface area contributed by atoms with E-state index in [-0.39, 0.29) is 17.1 Å². The number of hydrogen-bond acceptors (Lipinski definition) is 4. The molecule has 0 aliphatic carbocycles. The summed E-state index contributed by atoms with van der Waals surface area (Å²) in [6, 6.07) is 5.88. The van der Waals surface area contributed by atoms with Crippen molar-refractivity contribution >= 4 is 16.0 Å². The van der Waals surface area contributed by atoms with Crippen LogP contribution in [-0.2, 0) is 14.8 Å². The highest BCUT2D eigenvalue weighted by molar-refractivity contribution is 7.89. The van der Waals surface area contributed by atoms with Gasteiger partial charge in [0.25, 0.3) is 0 Å². The number of benzene rings is 1. The Bertz CT molecular complexity index is 599. The number of carboxylic acid groups (broad SMARTS) is 1. The van der Waals surface area contributed by atoms with Gasteiger partial charge in [-0.1, -0.05) is 12.1 Å². The van der Waals surface area contributed by atoms with Gasteiger partial charge >= 0.3 is 5.97 Å². The van der Waals surface area contributed by atoms with Crippen molar-refractivity contribution < 1.29 is 23.1 Å². The van der Waals surface area contributed by atoms with Crippen LogP contribution in [0.15, 0.2) is 29.2 Å². The van der Waals surface area contributed by atoms with Crippen molar-refractivity contribution in [3.63, 3.8) is 0 Å². The zero-order valence-corrected chi connectivity index (χ0v) is 12.0. The largest absolute Gasteiger partial charge is 0.495 e. The van der Waals surface area contributed by atoms with E-state index in [2.05, 4.69) is 0 Å². The lowest BCUT2D eigenvalue weighted by Gasteiger charge is -2.23. The zero-order valence-electron chi connectivity index (χ0n) is 11.2. The minimum absolute atomic E-state index is 0.0831. The lowest BCUT2D eigenvalue weighted by atomic mass is 10.2. The molecule has 0 spiro atoms. The van der Waals surface area contributed by atoms with Gasteiger partial charge in [0, 0.05) is 12.6 Å². The average Bonchev–Trinajstić information content (AvgIpc) is 2.86. The molecule has 7 heteroatoms. The van der Waals surface area contributed by atoms with E-state index in [9.17, 15) is 13.2 Å². The molecule has 0 aromatic heterocycles. The molecule has 20 heavy (non-hydrogen) atoms. The third-order valence-electron chi connectivity index (χ3n) is 3.39. The summed E-state index contributed by atoms with van der Waals surface area (Å²) in [6.07, 6.45) is 1.07. The van der Waals surface area contributed by atoms with Crippen LogP contribution in [0.1, 0.15) is 19.3 Å². The number of methoxy groups -OCH3 is 1. The first kappa shape index (κ1) is 14.8. The van der Waals surface area contributed by atoms with Gasteiger partial charge < -0.3 is 9.84 Å². The van der Waals surface area contributed by atoms with Crippen LogP contribution >= 0.6 is 0 Å². The van der Waals surface area contributed by atoms with Crippen LogP contribution in [0.5, 0.6) is 5.75 Å². The minimum atomic E-state index is -3.73. The quantitative estimate of drug-likeness (QED) is 0.886. The summed E-state index contributed by atoms with van der Waals surface area (Å²) in [5, 5.41) is 8.88. The molecule has 1 aromatic carbocycles. The van der Waals surface area contributed by atoms with Crippen molar-refractivity contribution in [2.24, 2.45) is 0 Å². The number of ether oxygens (including phenoxy) is 1. The predicted molar refractivity (Wildman–Crippen MR) is 72.2 cm³/mol. The second-order valence-corrected chi connectivity index (χ2v) is 6.52. The van der Waals surface area contributed by atoms with Crippen LogP contribution in [0.3, 0.4) is 0 Å². The summed E-state index contributed by atoms with van der Waals surface area (Å²) in [6.45, 7) is 0.346. The minimum Gasteiger partial charge on any atom is -0.495 e. The van der Waals surface area contributed by atoms with Gasteiger partial charge in [0.2, 0.25) is 10.0 Å². The molecule has 1 aliphatic heterocycles. The lowest BCUT2D eigenvalue weighted by Crippen LogP contribution is -2.37. The Balaban J connectivity index is 2.36. The summed E-state index contributed by atoms with van der Waals surface area (Å²) in [5.74, 6) is -0.717. The highest BCUT2D eigenvalue weighted by Gasteiger charge is 2.37. The molecule has 1 aromatic rings. The van der Waals surface area contributed by atoms with Crippen LogP contribution in [-0.4, -0.2) is 43.5 Å². The normalized spacial score (nSPS) is 19.9. The topological polar surface area (TPSA) is 83.9 Å². The number of sulfonamides is 1. The molecular formula is C13H17NO5S. The van der Waals surface area contributed by atoms with E-state index in [1.165, 1.54) is 17.5 Å². The molecule has 0 bridgehead atoms. The Morgan fingerprint density at radius 3 is 2.80 bits per heavy atom. The van der Waals surface area contributed by atoms with Crippen LogP contribution in [0.4, 0.5) is 0 Å². The van der Waals surface area contributed by atoms with Crippen molar-refractivity contribution in [3.05, 3.63) is 24.3 Å². The molecule has 1 aliphatic rings. The SMILES string of the molecule is COc1ccccc1S(=O)(=O)N1CCCC1CC(=O)O. The Morgan fingerprint density at radius 1 is 1.45 bits per heavy atom. The van der Waals surface area contributed by atoms with Crippen molar-refractivity contribution in [2.75, 3.05) is 13.7 Å². The van der Waals surface area contributed by atoms with Crippen molar-refractivity contribution in [1.82, 2.24) is 4.31 Å². The first-order chi connectivity index (χ1) is 9.46. The first-order valence-corrected chi connectivity index (χ1v) is 7.77. The van der Waals surface area contributed by atoms with E-state index in [0.717, 1.165) is 0 Å². The highest BCUT2D eigenvalue weighted by Crippen LogP contribution is 2.32. The molecule has 1 heterocycles. The van der Waals surface area contributed by atoms with E-state index in [0.29, 0.717) is 19.4 Å². The summed E-state index contributed by atoms with van der Waals surface area (Å²) >= 11 is 0. The van der Waals surface area contributed by atoms with Crippen LogP contribution < -0.4 is 4.74 Å². The molecule has 110 valence electrons. The van der Waals surface area contributed by atoms with Crippen LogP contribution in [0.2, 0.25) is 0 Å². The van der Waals surface area contributed by atoms with E-state index in [1.807, 2.05) is 0 Å². The van der Waals surface area contributed by atoms with E-state index in [1.54, 1.807) is 18.2 Å². The zero-order chi connectivity index (χ0) is 14.8. The van der Waals surface area contributed by atoms with Gasteiger partial charge in [0.05, 0.1) is 13.5 Å². The number of rotatable bonds is 5. The van der Waals surface area contributed by atoms with Crippen LogP contribution in [0, 0.1) is 0 Å². The maximum Gasteiger partial charge on any atom is 0.304 e. The van der Waals surface area contributed by atoms with Gasteiger partial charge in [0.15, 0.2) is 0 Å². The molecule has 0 radical (unpaired) electrons. The number of carboxylic acids is 1. The average molecular weight is 299 g/mol. The number of para-hydroxylation sites is 1. The third-order valence-corrected chi connectivity index (χ3v) is 5.38. The summed E-state index contributed by atoms with van der Waals surface area (Å²) in [4.78, 5) is 10.9. The van der Waals surface area contributed by atoms with Crippen molar-refractivity contribution in [1.29, 1.82) is 0 Å². The predicted octanol–water partition coefficient (Wildman–Crippen LogP) is 1.32. The third kappa shape index (κ3) is 2.78. The maximum atomic E-state index is 12.7. The van der Waals surface area contributed by atoms with Gasteiger partial charge in [-0.2, -0.15) is 4.31 Å². The Kier molecular flexibility index (Phi) is 4.29. The fourth-order valence-electron chi connectivity index (χ4n) is 2.49.